The van der Waals surface area contributed by atoms with Crippen LogP contribution in [0.25, 0.3) is 22.2 Å². The van der Waals surface area contributed by atoms with Crippen molar-refractivity contribution >= 4 is 28.8 Å². The molecule has 1 fully saturated rings. The monoisotopic (exact) mass is 470 g/mol. The van der Waals surface area contributed by atoms with Gasteiger partial charge < -0.3 is 14.3 Å². The molecule has 0 saturated carbocycles. The maximum Gasteiger partial charge on any atom is 0.268 e. The van der Waals surface area contributed by atoms with Gasteiger partial charge >= 0.3 is 0 Å². The second-order valence-electron chi connectivity index (χ2n) is 8.63. The minimum Gasteiger partial charge on any atom is -0.338 e. The van der Waals surface area contributed by atoms with Crippen LogP contribution in [-0.4, -0.2) is 39.9 Å². The standard InChI is InChI=1S/C26H22N4O3S/c31-23-14-20(26(32)29-11-10-17-5-1-2-6-19(17)15-29)16-30(23)21-8-3-7-18(13-21)24-27-25(33-28-24)22-9-4-12-34-22/h1-9,12-13,20H,10-11,14-16H2/t20-/m0/s1. The van der Waals surface area contributed by atoms with Crippen LogP contribution in [0.5, 0.6) is 0 Å². The van der Waals surface area contributed by atoms with Crippen molar-refractivity contribution in [1.29, 1.82) is 0 Å². The topological polar surface area (TPSA) is 79.5 Å². The molecule has 2 aliphatic heterocycles. The van der Waals surface area contributed by atoms with Crippen LogP contribution in [-0.2, 0) is 22.6 Å². The molecule has 1 saturated heterocycles. The first-order valence-corrected chi connectivity index (χ1v) is 12.2. The van der Waals surface area contributed by atoms with Crippen molar-refractivity contribution in [2.75, 3.05) is 18.0 Å². The average molecular weight is 471 g/mol. The van der Waals surface area contributed by atoms with Crippen LogP contribution in [0.2, 0.25) is 0 Å². The summed E-state index contributed by atoms with van der Waals surface area (Å²) in [7, 11) is 0. The van der Waals surface area contributed by atoms with Gasteiger partial charge in [-0.2, -0.15) is 4.98 Å². The second kappa shape index (κ2) is 8.53. The predicted octanol–water partition coefficient (Wildman–Crippen LogP) is 4.40. The lowest BCUT2D eigenvalue weighted by molar-refractivity contribution is -0.136. The van der Waals surface area contributed by atoms with Crippen molar-refractivity contribution in [3.05, 3.63) is 77.2 Å². The van der Waals surface area contributed by atoms with E-state index in [1.165, 1.54) is 22.5 Å². The summed E-state index contributed by atoms with van der Waals surface area (Å²) in [4.78, 5) is 35.1. The van der Waals surface area contributed by atoms with Gasteiger partial charge in [0.2, 0.25) is 17.6 Å². The lowest BCUT2D eigenvalue weighted by Crippen LogP contribution is -2.40. The van der Waals surface area contributed by atoms with Crippen molar-refractivity contribution in [3.8, 4) is 22.2 Å². The SMILES string of the molecule is O=C([C@H]1CC(=O)N(c2cccc(-c3noc(-c4cccs4)n3)c2)C1)N1CCc2ccccc2C1. The summed E-state index contributed by atoms with van der Waals surface area (Å²) in [6, 6.07) is 19.6. The number of hydrogen-bond donors (Lipinski definition) is 0. The minimum absolute atomic E-state index is 0.0414. The first-order valence-electron chi connectivity index (χ1n) is 11.3. The van der Waals surface area contributed by atoms with Gasteiger partial charge in [-0.15, -0.1) is 11.3 Å². The van der Waals surface area contributed by atoms with Crippen LogP contribution >= 0.6 is 11.3 Å². The summed E-state index contributed by atoms with van der Waals surface area (Å²) in [6.45, 7) is 1.69. The molecule has 2 aliphatic rings. The fourth-order valence-corrected chi connectivity index (χ4v) is 5.36. The van der Waals surface area contributed by atoms with Gasteiger partial charge in [0.25, 0.3) is 5.89 Å². The number of anilines is 1. The van der Waals surface area contributed by atoms with Crippen LogP contribution in [0.3, 0.4) is 0 Å². The Hall–Kier alpha value is -3.78. The summed E-state index contributed by atoms with van der Waals surface area (Å²) in [5.74, 6) is 0.621. The Balaban J connectivity index is 1.18. The number of nitrogens with zero attached hydrogens (tertiary/aromatic N) is 4. The van der Waals surface area contributed by atoms with Crippen LogP contribution in [0.1, 0.15) is 17.5 Å². The molecule has 4 aromatic rings. The maximum absolute atomic E-state index is 13.3. The third-order valence-electron chi connectivity index (χ3n) is 6.49. The molecule has 0 aliphatic carbocycles. The molecule has 7 nitrogen and oxygen atoms in total. The Morgan fingerprint density at radius 3 is 2.79 bits per heavy atom. The number of carbonyl (C=O) groups excluding carboxylic acids is 2. The van der Waals surface area contributed by atoms with Gasteiger partial charge in [0.1, 0.15) is 0 Å². The van der Waals surface area contributed by atoms with Gasteiger partial charge in [-0.05, 0) is 41.1 Å². The number of benzene rings is 2. The second-order valence-corrected chi connectivity index (χ2v) is 9.58. The fourth-order valence-electron chi connectivity index (χ4n) is 4.72. The molecule has 0 N–H and O–H groups in total. The van der Waals surface area contributed by atoms with Crippen molar-refractivity contribution in [2.45, 2.75) is 19.4 Å². The highest BCUT2D eigenvalue weighted by molar-refractivity contribution is 7.13. The Labute approximate surface area is 200 Å². The van der Waals surface area contributed by atoms with Gasteiger partial charge in [-0.25, -0.2) is 0 Å². The van der Waals surface area contributed by atoms with E-state index in [9.17, 15) is 9.59 Å². The number of amides is 2. The van der Waals surface area contributed by atoms with Gasteiger partial charge in [0.05, 0.1) is 10.8 Å². The number of carbonyl (C=O) groups is 2. The minimum atomic E-state index is -0.336. The third kappa shape index (κ3) is 3.80. The van der Waals surface area contributed by atoms with E-state index in [1.54, 1.807) is 4.90 Å². The van der Waals surface area contributed by atoms with E-state index in [2.05, 4.69) is 22.3 Å². The summed E-state index contributed by atoms with van der Waals surface area (Å²) in [5.41, 5.74) is 4.00. The zero-order chi connectivity index (χ0) is 23.1. The molecule has 0 spiro atoms. The molecule has 1 atom stereocenters. The molecule has 2 aromatic carbocycles. The van der Waals surface area contributed by atoms with Gasteiger partial charge in [0.15, 0.2) is 0 Å². The zero-order valence-electron chi connectivity index (χ0n) is 18.4. The quantitative estimate of drug-likeness (QED) is 0.442. The molecule has 0 radical (unpaired) electrons. The van der Waals surface area contributed by atoms with E-state index in [0.29, 0.717) is 31.3 Å². The highest BCUT2D eigenvalue weighted by atomic mass is 32.1. The van der Waals surface area contributed by atoms with Crippen LogP contribution in [0.15, 0.2) is 70.6 Å². The number of fused-ring (bicyclic) bond motifs is 1. The van der Waals surface area contributed by atoms with E-state index in [1.807, 2.05) is 58.8 Å². The number of hydrogen-bond acceptors (Lipinski definition) is 6. The fraction of sp³-hybridized carbons (Fsp3) is 0.231. The van der Waals surface area contributed by atoms with Crippen LogP contribution in [0.4, 0.5) is 5.69 Å². The van der Waals surface area contributed by atoms with Crippen molar-refractivity contribution in [1.82, 2.24) is 15.0 Å². The van der Waals surface area contributed by atoms with Crippen LogP contribution < -0.4 is 4.90 Å². The molecular weight excluding hydrogens is 448 g/mol. The number of thiophene rings is 1. The first kappa shape index (κ1) is 20.8. The Morgan fingerprint density at radius 1 is 1.06 bits per heavy atom. The van der Waals surface area contributed by atoms with Gasteiger partial charge in [-0.3, -0.25) is 9.59 Å². The first-order chi connectivity index (χ1) is 16.7. The summed E-state index contributed by atoms with van der Waals surface area (Å²) in [5, 5.41) is 6.07. The molecule has 34 heavy (non-hydrogen) atoms. The number of rotatable bonds is 4. The van der Waals surface area contributed by atoms with E-state index < -0.39 is 0 Å². The van der Waals surface area contributed by atoms with Crippen molar-refractivity contribution < 1.29 is 14.1 Å². The van der Waals surface area contributed by atoms with E-state index in [0.717, 1.165) is 22.5 Å². The maximum atomic E-state index is 13.3. The smallest absolute Gasteiger partial charge is 0.268 e. The summed E-state index contributed by atoms with van der Waals surface area (Å²) < 4.78 is 5.41. The molecule has 0 bridgehead atoms. The average Bonchev–Trinajstić information content (AvgIpc) is 3.64. The Bertz CT molecular complexity index is 1360. The Kier molecular flexibility index (Phi) is 5.22. The predicted molar refractivity (Wildman–Crippen MR) is 129 cm³/mol. The number of aromatic nitrogens is 2. The van der Waals surface area contributed by atoms with Crippen LogP contribution in [0, 0.1) is 5.92 Å². The lowest BCUT2D eigenvalue weighted by Gasteiger charge is -2.30. The molecule has 170 valence electrons. The third-order valence-corrected chi connectivity index (χ3v) is 7.35. The van der Waals surface area contributed by atoms with Crippen molar-refractivity contribution in [2.24, 2.45) is 5.92 Å². The normalized spacial score (nSPS) is 17.8. The lowest BCUT2D eigenvalue weighted by atomic mass is 9.98. The summed E-state index contributed by atoms with van der Waals surface area (Å²) >= 11 is 1.53. The Morgan fingerprint density at radius 2 is 1.94 bits per heavy atom. The van der Waals surface area contributed by atoms with E-state index in [-0.39, 0.29) is 24.2 Å². The molecule has 0 unspecified atom stereocenters. The van der Waals surface area contributed by atoms with Gasteiger partial charge in [-0.1, -0.05) is 47.6 Å². The molecule has 2 amide bonds. The van der Waals surface area contributed by atoms with Crippen molar-refractivity contribution in [3.63, 3.8) is 0 Å². The molecule has 4 heterocycles. The van der Waals surface area contributed by atoms with E-state index >= 15 is 0 Å². The summed E-state index contributed by atoms with van der Waals surface area (Å²) in [6.07, 6.45) is 1.08. The molecular formula is C26H22N4O3S. The zero-order valence-corrected chi connectivity index (χ0v) is 19.2. The van der Waals surface area contributed by atoms with E-state index in [4.69, 9.17) is 4.52 Å². The largest absolute Gasteiger partial charge is 0.338 e. The highest BCUT2D eigenvalue weighted by Gasteiger charge is 2.38. The molecule has 2 aromatic heterocycles. The van der Waals surface area contributed by atoms with Gasteiger partial charge in [0, 0.05) is 37.3 Å². The molecule has 8 heteroatoms. The highest BCUT2D eigenvalue weighted by Crippen LogP contribution is 2.31. The molecule has 6 rings (SSSR count).